The lowest BCUT2D eigenvalue weighted by atomic mass is 9.99. The molecule has 104 valence electrons. The summed E-state index contributed by atoms with van der Waals surface area (Å²) in [6.07, 6.45) is 6.21. The second kappa shape index (κ2) is 5.53. The lowest BCUT2D eigenvalue weighted by Gasteiger charge is -2.31. The number of aryl methyl sites for hydroxylation is 2. The van der Waals surface area contributed by atoms with Crippen LogP contribution in [0.5, 0.6) is 0 Å². The van der Waals surface area contributed by atoms with E-state index in [0.29, 0.717) is 0 Å². The lowest BCUT2D eigenvalue weighted by Crippen LogP contribution is -2.24. The van der Waals surface area contributed by atoms with Gasteiger partial charge in [0.1, 0.15) is 0 Å². The van der Waals surface area contributed by atoms with Crippen molar-refractivity contribution >= 4 is 17.1 Å². The van der Waals surface area contributed by atoms with E-state index in [2.05, 4.69) is 53.3 Å². The number of anilines is 3. The van der Waals surface area contributed by atoms with Gasteiger partial charge in [-0.15, -0.1) is 0 Å². The second-order valence-corrected chi connectivity index (χ2v) is 5.35. The third kappa shape index (κ3) is 2.48. The van der Waals surface area contributed by atoms with E-state index in [0.717, 1.165) is 18.8 Å². The van der Waals surface area contributed by atoms with E-state index in [1.54, 1.807) is 0 Å². The van der Waals surface area contributed by atoms with Crippen molar-refractivity contribution in [3.63, 3.8) is 0 Å². The lowest BCUT2D eigenvalue weighted by molar-refractivity contribution is 0.765. The van der Waals surface area contributed by atoms with Gasteiger partial charge in [-0.25, -0.2) is 0 Å². The number of benzene rings is 1. The molecule has 1 aromatic carbocycles. The Bertz CT molecular complexity index is 607. The SMILES string of the molecule is CCNc1cncc(N2CCCc3cc(C)ccc32)c1. The van der Waals surface area contributed by atoms with Gasteiger partial charge in [0.2, 0.25) is 0 Å². The number of hydrogen-bond acceptors (Lipinski definition) is 3. The average molecular weight is 267 g/mol. The number of fused-ring (bicyclic) bond motifs is 1. The molecule has 3 nitrogen and oxygen atoms in total. The zero-order valence-corrected chi connectivity index (χ0v) is 12.2. The highest BCUT2D eigenvalue weighted by Gasteiger charge is 2.18. The van der Waals surface area contributed by atoms with Gasteiger partial charge in [-0.1, -0.05) is 17.7 Å². The van der Waals surface area contributed by atoms with Crippen molar-refractivity contribution in [1.82, 2.24) is 4.98 Å². The van der Waals surface area contributed by atoms with Gasteiger partial charge in [0.25, 0.3) is 0 Å². The molecule has 0 fully saturated rings. The Hall–Kier alpha value is -2.03. The Morgan fingerprint density at radius 1 is 1.25 bits per heavy atom. The van der Waals surface area contributed by atoms with Gasteiger partial charge in [0.15, 0.2) is 0 Å². The van der Waals surface area contributed by atoms with E-state index >= 15 is 0 Å². The quantitative estimate of drug-likeness (QED) is 0.914. The highest BCUT2D eigenvalue weighted by molar-refractivity contribution is 5.70. The molecule has 1 N–H and O–H groups in total. The first-order valence-electron chi connectivity index (χ1n) is 7.34. The zero-order valence-electron chi connectivity index (χ0n) is 12.2. The zero-order chi connectivity index (χ0) is 13.9. The number of nitrogens with one attached hydrogen (secondary N) is 1. The molecule has 1 aromatic heterocycles. The predicted molar refractivity (Wildman–Crippen MR) is 84.9 cm³/mol. The molecule has 0 radical (unpaired) electrons. The van der Waals surface area contributed by atoms with Gasteiger partial charge >= 0.3 is 0 Å². The monoisotopic (exact) mass is 267 g/mol. The van der Waals surface area contributed by atoms with Crippen molar-refractivity contribution in [3.8, 4) is 0 Å². The van der Waals surface area contributed by atoms with Crippen LogP contribution in [0.25, 0.3) is 0 Å². The Morgan fingerprint density at radius 2 is 2.15 bits per heavy atom. The third-order valence-corrected chi connectivity index (χ3v) is 3.77. The Kier molecular flexibility index (Phi) is 3.59. The maximum atomic E-state index is 4.36. The molecule has 0 bridgehead atoms. The molecule has 3 rings (SSSR count). The molecule has 0 aliphatic carbocycles. The van der Waals surface area contributed by atoms with Crippen LogP contribution in [0.4, 0.5) is 17.1 Å². The predicted octanol–water partition coefficient (Wildman–Crippen LogP) is 3.91. The first-order chi connectivity index (χ1) is 9.78. The van der Waals surface area contributed by atoms with Crippen LogP contribution < -0.4 is 10.2 Å². The second-order valence-electron chi connectivity index (χ2n) is 5.35. The van der Waals surface area contributed by atoms with Crippen molar-refractivity contribution in [1.29, 1.82) is 0 Å². The maximum Gasteiger partial charge on any atom is 0.0618 e. The molecular formula is C17H21N3. The fourth-order valence-corrected chi connectivity index (χ4v) is 2.87. The summed E-state index contributed by atoms with van der Waals surface area (Å²) in [7, 11) is 0. The molecule has 20 heavy (non-hydrogen) atoms. The molecule has 0 atom stereocenters. The van der Waals surface area contributed by atoms with Crippen LogP contribution in [-0.2, 0) is 6.42 Å². The van der Waals surface area contributed by atoms with Crippen LogP contribution in [0.3, 0.4) is 0 Å². The molecule has 1 aliphatic heterocycles. The van der Waals surface area contributed by atoms with Crippen LogP contribution in [0.15, 0.2) is 36.7 Å². The number of pyridine rings is 1. The van der Waals surface area contributed by atoms with Crippen LogP contribution in [0, 0.1) is 6.92 Å². The minimum Gasteiger partial charge on any atom is -0.384 e. The molecule has 0 saturated carbocycles. The third-order valence-electron chi connectivity index (χ3n) is 3.77. The average Bonchev–Trinajstić information content (AvgIpc) is 2.47. The van der Waals surface area contributed by atoms with Gasteiger partial charge in [0, 0.05) is 18.8 Å². The topological polar surface area (TPSA) is 28.2 Å². The highest BCUT2D eigenvalue weighted by atomic mass is 15.1. The molecule has 0 unspecified atom stereocenters. The maximum absolute atomic E-state index is 4.36. The molecule has 0 saturated heterocycles. The normalized spacial score (nSPS) is 14.0. The van der Waals surface area contributed by atoms with Crippen molar-refractivity contribution < 1.29 is 0 Å². The molecule has 1 aliphatic rings. The van der Waals surface area contributed by atoms with Crippen LogP contribution in [0.1, 0.15) is 24.5 Å². The van der Waals surface area contributed by atoms with Gasteiger partial charge in [-0.2, -0.15) is 0 Å². The summed E-state index contributed by atoms with van der Waals surface area (Å²) in [6.45, 7) is 6.24. The number of rotatable bonds is 3. The van der Waals surface area contributed by atoms with E-state index in [-0.39, 0.29) is 0 Å². The van der Waals surface area contributed by atoms with E-state index in [9.17, 15) is 0 Å². The van der Waals surface area contributed by atoms with Crippen molar-refractivity contribution in [3.05, 3.63) is 47.8 Å². The fraction of sp³-hybridized carbons (Fsp3) is 0.353. The van der Waals surface area contributed by atoms with Crippen LogP contribution >= 0.6 is 0 Å². The summed E-state index contributed by atoms with van der Waals surface area (Å²) >= 11 is 0. The molecule has 2 aromatic rings. The standard InChI is InChI=1S/C17H21N3/c1-3-19-15-10-16(12-18-11-15)20-8-4-5-14-9-13(2)6-7-17(14)20/h6-7,9-12,19H,3-5,8H2,1-2H3. The van der Waals surface area contributed by atoms with E-state index in [1.165, 1.54) is 35.3 Å². The minimum absolute atomic E-state index is 0.918. The molecule has 0 spiro atoms. The molecular weight excluding hydrogens is 246 g/mol. The van der Waals surface area contributed by atoms with E-state index in [4.69, 9.17) is 0 Å². The fourth-order valence-electron chi connectivity index (χ4n) is 2.87. The first-order valence-corrected chi connectivity index (χ1v) is 7.34. The summed E-state index contributed by atoms with van der Waals surface area (Å²) < 4.78 is 0. The number of aromatic nitrogens is 1. The summed E-state index contributed by atoms with van der Waals surface area (Å²) in [5.74, 6) is 0. The van der Waals surface area contributed by atoms with Crippen molar-refractivity contribution in [2.45, 2.75) is 26.7 Å². The van der Waals surface area contributed by atoms with Crippen molar-refractivity contribution in [2.24, 2.45) is 0 Å². The summed E-state index contributed by atoms with van der Waals surface area (Å²) in [4.78, 5) is 6.75. The summed E-state index contributed by atoms with van der Waals surface area (Å²) in [6, 6.07) is 8.93. The number of hydrogen-bond donors (Lipinski definition) is 1. The minimum atomic E-state index is 0.918. The Balaban J connectivity index is 1.98. The molecule has 3 heteroatoms. The van der Waals surface area contributed by atoms with Crippen LogP contribution in [0.2, 0.25) is 0 Å². The summed E-state index contributed by atoms with van der Waals surface area (Å²) in [5, 5.41) is 3.33. The van der Waals surface area contributed by atoms with Crippen LogP contribution in [-0.4, -0.2) is 18.1 Å². The highest BCUT2D eigenvalue weighted by Crippen LogP contribution is 2.34. The Morgan fingerprint density at radius 3 is 3.00 bits per heavy atom. The Labute approximate surface area is 120 Å². The van der Waals surface area contributed by atoms with Gasteiger partial charge < -0.3 is 10.2 Å². The summed E-state index contributed by atoms with van der Waals surface area (Å²) in [5.41, 5.74) is 6.38. The van der Waals surface area contributed by atoms with Gasteiger partial charge in [-0.3, -0.25) is 4.98 Å². The smallest absolute Gasteiger partial charge is 0.0618 e. The van der Waals surface area contributed by atoms with Gasteiger partial charge in [0.05, 0.1) is 23.8 Å². The first kappa shape index (κ1) is 13.0. The number of nitrogens with zero attached hydrogens (tertiary/aromatic N) is 2. The van der Waals surface area contributed by atoms with E-state index < -0.39 is 0 Å². The molecule has 2 heterocycles. The van der Waals surface area contributed by atoms with Gasteiger partial charge in [-0.05, 0) is 44.4 Å². The van der Waals surface area contributed by atoms with Crippen molar-refractivity contribution in [2.75, 3.05) is 23.3 Å². The van der Waals surface area contributed by atoms with E-state index in [1.807, 2.05) is 12.4 Å². The molecule has 0 amide bonds. The largest absolute Gasteiger partial charge is 0.384 e.